The zero-order valence-electron chi connectivity index (χ0n) is 12.9. The van der Waals surface area contributed by atoms with Gasteiger partial charge in [-0.2, -0.15) is 5.10 Å². The number of anilines is 2. The number of nitrogens with zero attached hydrogens (tertiary/aromatic N) is 2. The molecule has 0 radical (unpaired) electrons. The van der Waals surface area contributed by atoms with Crippen LogP contribution in [0.3, 0.4) is 0 Å². The van der Waals surface area contributed by atoms with Gasteiger partial charge in [0.25, 0.3) is 0 Å². The molecule has 0 spiro atoms. The third-order valence-corrected chi connectivity index (χ3v) is 2.94. The number of aromatic nitrogens is 2. The van der Waals surface area contributed by atoms with Crippen LogP contribution in [0.15, 0.2) is 0 Å². The normalized spacial score (nSPS) is 11.5. The lowest BCUT2D eigenvalue weighted by atomic mass is 10.3. The predicted molar refractivity (Wildman–Crippen MR) is 80.6 cm³/mol. The van der Waals surface area contributed by atoms with Crippen molar-refractivity contribution < 1.29 is 4.74 Å². The van der Waals surface area contributed by atoms with Crippen molar-refractivity contribution in [3.63, 3.8) is 0 Å². The highest BCUT2D eigenvalue weighted by Crippen LogP contribution is 2.25. The highest BCUT2D eigenvalue weighted by molar-refractivity contribution is 5.64. The van der Waals surface area contributed by atoms with E-state index in [0.29, 0.717) is 12.1 Å². The molecule has 0 saturated heterocycles. The second kappa shape index (κ2) is 7.38. The maximum atomic E-state index is 6.05. The fraction of sp³-hybridized carbons (Fsp3) is 0.786. The maximum Gasteiger partial charge on any atom is 0.148 e. The summed E-state index contributed by atoms with van der Waals surface area (Å²) in [6.07, 6.45) is 2.43. The van der Waals surface area contributed by atoms with E-state index in [-0.39, 0.29) is 0 Å². The topological polar surface area (TPSA) is 65.1 Å². The summed E-state index contributed by atoms with van der Waals surface area (Å²) in [5.74, 6) is 0.942. The molecule has 0 aliphatic carbocycles. The molecule has 5 heteroatoms. The second-order valence-corrected chi connectivity index (χ2v) is 5.44. The van der Waals surface area contributed by atoms with Gasteiger partial charge in [-0.3, -0.25) is 0 Å². The van der Waals surface area contributed by atoms with Gasteiger partial charge >= 0.3 is 0 Å². The quantitative estimate of drug-likeness (QED) is 0.711. The lowest BCUT2D eigenvalue weighted by molar-refractivity contribution is 0.0765. The van der Waals surface area contributed by atoms with Crippen LogP contribution in [-0.4, -0.2) is 29.0 Å². The van der Waals surface area contributed by atoms with E-state index in [0.717, 1.165) is 43.2 Å². The van der Waals surface area contributed by atoms with Crippen LogP contribution in [0.2, 0.25) is 0 Å². The molecule has 0 fully saturated rings. The highest BCUT2D eigenvalue weighted by atomic mass is 16.5. The lowest BCUT2D eigenvalue weighted by Crippen LogP contribution is -2.13. The number of nitrogens with two attached hydrogens (primary N) is 1. The van der Waals surface area contributed by atoms with Gasteiger partial charge in [-0.25, -0.2) is 4.68 Å². The molecule has 0 aliphatic heterocycles. The molecule has 3 N–H and O–H groups in total. The number of unbranched alkanes of at least 4 members (excludes halogenated alkanes) is 1. The number of nitrogen functional groups attached to an aromatic ring is 1. The van der Waals surface area contributed by atoms with E-state index in [9.17, 15) is 0 Å². The van der Waals surface area contributed by atoms with Gasteiger partial charge in [-0.05, 0) is 47.5 Å². The summed E-state index contributed by atoms with van der Waals surface area (Å²) >= 11 is 0. The zero-order valence-corrected chi connectivity index (χ0v) is 12.9. The molecule has 0 bridgehead atoms. The first-order valence-corrected chi connectivity index (χ1v) is 7.13. The highest BCUT2D eigenvalue weighted by Gasteiger charge is 2.13. The number of ether oxygens (including phenoxy) is 1. The van der Waals surface area contributed by atoms with E-state index in [4.69, 9.17) is 10.5 Å². The number of hydrogen-bond acceptors (Lipinski definition) is 4. The third-order valence-electron chi connectivity index (χ3n) is 2.94. The van der Waals surface area contributed by atoms with Crippen molar-refractivity contribution in [3.8, 4) is 0 Å². The van der Waals surface area contributed by atoms with E-state index in [1.165, 1.54) is 0 Å². The van der Waals surface area contributed by atoms with Crippen molar-refractivity contribution in [1.82, 2.24) is 9.78 Å². The first-order chi connectivity index (χ1) is 8.93. The van der Waals surface area contributed by atoms with Crippen molar-refractivity contribution in [2.45, 2.75) is 59.6 Å². The Bertz CT molecular complexity index is 385. The Labute approximate surface area is 116 Å². The standard InChI is InChI=1S/C14H28N4O/c1-10(2)18-14(13(15)12(5)17-18)16-8-6-7-9-19-11(3)4/h10-11,16H,6-9,15H2,1-5H3. The van der Waals surface area contributed by atoms with Crippen LogP contribution in [0.5, 0.6) is 0 Å². The summed E-state index contributed by atoms with van der Waals surface area (Å²) < 4.78 is 7.47. The van der Waals surface area contributed by atoms with Crippen LogP contribution in [0, 0.1) is 6.92 Å². The molecular weight excluding hydrogens is 240 g/mol. The molecule has 0 amide bonds. The van der Waals surface area contributed by atoms with Gasteiger partial charge < -0.3 is 15.8 Å². The molecule has 5 nitrogen and oxygen atoms in total. The zero-order chi connectivity index (χ0) is 14.4. The van der Waals surface area contributed by atoms with E-state index in [1.807, 2.05) is 11.6 Å². The van der Waals surface area contributed by atoms with Crippen LogP contribution in [0.25, 0.3) is 0 Å². The molecule has 110 valence electrons. The minimum absolute atomic E-state index is 0.308. The van der Waals surface area contributed by atoms with Gasteiger partial charge in [0.05, 0.1) is 17.5 Å². The van der Waals surface area contributed by atoms with Crippen LogP contribution >= 0.6 is 0 Å². The summed E-state index contributed by atoms with van der Waals surface area (Å²) in [5.41, 5.74) is 7.70. The van der Waals surface area contributed by atoms with Gasteiger partial charge in [0, 0.05) is 19.2 Å². The van der Waals surface area contributed by atoms with Gasteiger partial charge in [-0.1, -0.05) is 0 Å². The Kier molecular flexibility index (Phi) is 6.15. The SMILES string of the molecule is Cc1nn(C(C)C)c(NCCCCOC(C)C)c1N. The molecule has 1 aromatic heterocycles. The van der Waals surface area contributed by atoms with Gasteiger partial charge in [-0.15, -0.1) is 0 Å². The first kappa shape index (κ1) is 15.8. The molecule has 0 atom stereocenters. The van der Waals surface area contributed by atoms with Crippen LogP contribution < -0.4 is 11.1 Å². The van der Waals surface area contributed by atoms with E-state index in [1.54, 1.807) is 0 Å². The molecule has 0 saturated carbocycles. The van der Waals surface area contributed by atoms with Crippen molar-refractivity contribution in [2.24, 2.45) is 0 Å². The third kappa shape index (κ3) is 4.74. The van der Waals surface area contributed by atoms with Crippen LogP contribution in [0.4, 0.5) is 11.5 Å². The fourth-order valence-corrected chi connectivity index (χ4v) is 1.86. The Morgan fingerprint density at radius 1 is 1.26 bits per heavy atom. The monoisotopic (exact) mass is 268 g/mol. The predicted octanol–water partition coefficient (Wildman–Crippen LogP) is 2.97. The van der Waals surface area contributed by atoms with Gasteiger partial charge in [0.2, 0.25) is 0 Å². The number of nitrogens with one attached hydrogen (secondary N) is 1. The van der Waals surface area contributed by atoms with Crippen molar-refractivity contribution in [3.05, 3.63) is 5.69 Å². The summed E-state index contributed by atoms with van der Waals surface area (Å²) in [7, 11) is 0. The average Bonchev–Trinajstić information content (AvgIpc) is 2.61. The summed E-state index contributed by atoms with van der Waals surface area (Å²) in [6, 6.07) is 0.308. The van der Waals surface area contributed by atoms with Crippen LogP contribution in [-0.2, 0) is 4.74 Å². The Hall–Kier alpha value is -1.23. The molecule has 0 aromatic carbocycles. The van der Waals surface area contributed by atoms with Crippen LogP contribution in [0.1, 0.15) is 52.3 Å². The van der Waals surface area contributed by atoms with Gasteiger partial charge in [0.1, 0.15) is 5.82 Å². The smallest absolute Gasteiger partial charge is 0.148 e. The summed E-state index contributed by atoms with van der Waals surface area (Å²) in [5, 5.41) is 7.84. The molecule has 0 unspecified atom stereocenters. The van der Waals surface area contributed by atoms with Crippen molar-refractivity contribution >= 4 is 11.5 Å². The molecule has 1 heterocycles. The Morgan fingerprint density at radius 2 is 1.95 bits per heavy atom. The number of aryl methyl sites for hydroxylation is 1. The molecule has 1 rings (SSSR count). The summed E-state index contributed by atoms with van der Waals surface area (Å²) in [6.45, 7) is 12.0. The van der Waals surface area contributed by atoms with Gasteiger partial charge in [0.15, 0.2) is 0 Å². The minimum atomic E-state index is 0.308. The van der Waals surface area contributed by atoms with E-state index < -0.39 is 0 Å². The average molecular weight is 268 g/mol. The molecule has 19 heavy (non-hydrogen) atoms. The second-order valence-electron chi connectivity index (χ2n) is 5.44. The first-order valence-electron chi connectivity index (χ1n) is 7.13. The van der Waals surface area contributed by atoms with Crippen molar-refractivity contribution in [1.29, 1.82) is 0 Å². The largest absolute Gasteiger partial charge is 0.394 e. The van der Waals surface area contributed by atoms with E-state index >= 15 is 0 Å². The van der Waals surface area contributed by atoms with E-state index in [2.05, 4.69) is 38.1 Å². The molecule has 1 aromatic rings. The number of rotatable bonds is 8. The molecular formula is C14H28N4O. The number of hydrogen-bond donors (Lipinski definition) is 2. The Morgan fingerprint density at radius 3 is 2.53 bits per heavy atom. The summed E-state index contributed by atoms with van der Waals surface area (Å²) in [4.78, 5) is 0. The maximum absolute atomic E-state index is 6.05. The molecule has 0 aliphatic rings. The lowest BCUT2D eigenvalue weighted by Gasteiger charge is -2.13. The minimum Gasteiger partial charge on any atom is -0.394 e. The Balaban J connectivity index is 2.40. The fourth-order valence-electron chi connectivity index (χ4n) is 1.86. The van der Waals surface area contributed by atoms with Crippen molar-refractivity contribution in [2.75, 3.05) is 24.2 Å².